The van der Waals surface area contributed by atoms with Crippen LogP contribution >= 0.6 is 0 Å². The molecule has 1 aliphatic rings. The Morgan fingerprint density at radius 2 is 2.05 bits per heavy atom. The normalized spacial score (nSPS) is 21.9. The van der Waals surface area contributed by atoms with Gasteiger partial charge < -0.3 is 0 Å². The van der Waals surface area contributed by atoms with E-state index in [-0.39, 0.29) is 6.04 Å². The van der Waals surface area contributed by atoms with Crippen LogP contribution in [0.5, 0.6) is 0 Å². The summed E-state index contributed by atoms with van der Waals surface area (Å²) in [6.45, 7) is 6.09. The summed E-state index contributed by atoms with van der Waals surface area (Å²) >= 11 is 0. The number of aryl methyl sites for hydroxylation is 1. The van der Waals surface area contributed by atoms with E-state index in [0.717, 1.165) is 25.9 Å². The van der Waals surface area contributed by atoms with Crippen LogP contribution in [0.3, 0.4) is 0 Å². The van der Waals surface area contributed by atoms with E-state index in [1.54, 1.807) is 0 Å². The maximum atomic E-state index is 11.6. The molecule has 1 aromatic carbocycles. The molecule has 1 heterocycles. The van der Waals surface area contributed by atoms with Gasteiger partial charge in [-0.3, -0.25) is 4.90 Å². The molecule has 4 heteroatoms. The van der Waals surface area contributed by atoms with Crippen molar-refractivity contribution in [1.82, 2.24) is 4.90 Å². The summed E-state index contributed by atoms with van der Waals surface area (Å²) < 4.78 is 23.3. The predicted octanol–water partition coefficient (Wildman–Crippen LogP) is 2.39. The van der Waals surface area contributed by atoms with Gasteiger partial charge in [-0.05, 0) is 37.4 Å². The van der Waals surface area contributed by atoms with Crippen molar-refractivity contribution in [3.8, 4) is 0 Å². The fourth-order valence-corrected chi connectivity index (χ4v) is 4.51. The zero-order valence-corrected chi connectivity index (χ0v) is 12.6. The molecule has 0 aromatic heterocycles. The van der Waals surface area contributed by atoms with Gasteiger partial charge in [0.25, 0.3) is 0 Å². The summed E-state index contributed by atoms with van der Waals surface area (Å²) in [7, 11) is -2.80. The molecule has 0 radical (unpaired) electrons. The van der Waals surface area contributed by atoms with Crippen LogP contribution in [0.1, 0.15) is 30.9 Å². The largest absolute Gasteiger partial charge is 0.295 e. The van der Waals surface area contributed by atoms with Gasteiger partial charge in [0.15, 0.2) is 9.84 Å². The van der Waals surface area contributed by atoms with Gasteiger partial charge in [0.1, 0.15) is 0 Å². The Morgan fingerprint density at radius 1 is 1.32 bits per heavy atom. The summed E-state index contributed by atoms with van der Waals surface area (Å²) in [5.74, 6) is 0.685. The first-order chi connectivity index (χ1) is 9.02. The van der Waals surface area contributed by atoms with Crippen LogP contribution in [0.4, 0.5) is 0 Å². The Bertz CT molecular complexity index is 525. The van der Waals surface area contributed by atoms with Crippen LogP contribution in [-0.2, 0) is 16.4 Å². The quantitative estimate of drug-likeness (QED) is 0.831. The fourth-order valence-electron chi connectivity index (χ4n) is 2.75. The molecule has 0 saturated carbocycles. The third-order valence-electron chi connectivity index (χ3n) is 3.87. The molecule has 0 amide bonds. The minimum atomic E-state index is -2.80. The van der Waals surface area contributed by atoms with Crippen molar-refractivity contribution in [3.63, 3.8) is 0 Å². The first-order valence-electron chi connectivity index (χ1n) is 7.01. The first-order valence-corrected chi connectivity index (χ1v) is 8.83. The third-order valence-corrected chi connectivity index (χ3v) is 5.62. The Kier molecular flexibility index (Phi) is 4.63. The van der Waals surface area contributed by atoms with Crippen molar-refractivity contribution in [2.24, 2.45) is 0 Å². The molecule has 1 atom stereocenters. The van der Waals surface area contributed by atoms with Crippen molar-refractivity contribution in [2.45, 2.75) is 39.3 Å². The van der Waals surface area contributed by atoms with Crippen molar-refractivity contribution in [3.05, 3.63) is 35.4 Å². The highest BCUT2D eigenvalue weighted by atomic mass is 32.2. The van der Waals surface area contributed by atoms with E-state index in [4.69, 9.17) is 0 Å². The standard InChI is InChI=1S/C15H23NO2S/c1-3-9-16(15-8-10-19(17,18)12-15)11-14-7-5-4-6-13(14)2/h4-7,15H,3,8-12H2,1-2H3. The van der Waals surface area contributed by atoms with E-state index in [0.29, 0.717) is 11.5 Å². The average molecular weight is 281 g/mol. The lowest BCUT2D eigenvalue weighted by Crippen LogP contribution is -2.36. The molecule has 1 aliphatic heterocycles. The number of hydrogen-bond acceptors (Lipinski definition) is 3. The lowest BCUT2D eigenvalue weighted by atomic mass is 10.1. The van der Waals surface area contributed by atoms with E-state index in [2.05, 4.69) is 36.9 Å². The van der Waals surface area contributed by atoms with Crippen LogP contribution in [0.15, 0.2) is 24.3 Å². The number of nitrogens with zero attached hydrogens (tertiary/aromatic N) is 1. The van der Waals surface area contributed by atoms with Crippen molar-refractivity contribution in [2.75, 3.05) is 18.1 Å². The van der Waals surface area contributed by atoms with E-state index >= 15 is 0 Å². The number of sulfone groups is 1. The minimum absolute atomic E-state index is 0.199. The zero-order chi connectivity index (χ0) is 13.9. The highest BCUT2D eigenvalue weighted by Gasteiger charge is 2.31. The Labute approximate surface area is 116 Å². The molecule has 1 fully saturated rings. The van der Waals surface area contributed by atoms with Crippen LogP contribution in [0.2, 0.25) is 0 Å². The maximum Gasteiger partial charge on any atom is 0.151 e. The molecule has 106 valence electrons. The molecule has 0 aliphatic carbocycles. The van der Waals surface area contributed by atoms with Crippen molar-refractivity contribution in [1.29, 1.82) is 0 Å². The van der Waals surface area contributed by atoms with Gasteiger partial charge in [0, 0.05) is 12.6 Å². The summed E-state index contributed by atoms with van der Waals surface area (Å²) in [5.41, 5.74) is 2.59. The molecule has 1 aromatic rings. The van der Waals surface area contributed by atoms with Gasteiger partial charge in [0.2, 0.25) is 0 Å². The number of rotatable bonds is 5. The molecular formula is C15H23NO2S. The highest BCUT2D eigenvalue weighted by Crippen LogP contribution is 2.21. The predicted molar refractivity (Wildman–Crippen MR) is 78.9 cm³/mol. The van der Waals surface area contributed by atoms with E-state index in [1.165, 1.54) is 11.1 Å². The zero-order valence-electron chi connectivity index (χ0n) is 11.8. The first kappa shape index (κ1) is 14.5. The highest BCUT2D eigenvalue weighted by molar-refractivity contribution is 7.91. The van der Waals surface area contributed by atoms with Gasteiger partial charge in [0.05, 0.1) is 11.5 Å². The molecule has 2 rings (SSSR count). The molecule has 19 heavy (non-hydrogen) atoms. The number of hydrogen-bond donors (Lipinski definition) is 0. The van der Waals surface area contributed by atoms with Crippen LogP contribution < -0.4 is 0 Å². The second-order valence-corrected chi connectivity index (χ2v) is 7.68. The Morgan fingerprint density at radius 3 is 2.63 bits per heavy atom. The lowest BCUT2D eigenvalue weighted by Gasteiger charge is -2.28. The fraction of sp³-hybridized carbons (Fsp3) is 0.600. The molecular weight excluding hydrogens is 258 g/mol. The van der Waals surface area contributed by atoms with Crippen molar-refractivity contribution >= 4 is 9.84 Å². The molecule has 3 nitrogen and oxygen atoms in total. The molecule has 0 spiro atoms. The summed E-state index contributed by atoms with van der Waals surface area (Å²) in [4.78, 5) is 2.34. The summed E-state index contributed by atoms with van der Waals surface area (Å²) in [5, 5.41) is 0. The third kappa shape index (κ3) is 3.80. The lowest BCUT2D eigenvalue weighted by molar-refractivity contribution is 0.203. The van der Waals surface area contributed by atoms with Gasteiger partial charge >= 0.3 is 0 Å². The molecule has 0 N–H and O–H groups in total. The van der Waals surface area contributed by atoms with Gasteiger partial charge in [-0.25, -0.2) is 8.42 Å². The topological polar surface area (TPSA) is 37.4 Å². The second-order valence-electron chi connectivity index (χ2n) is 5.45. The van der Waals surface area contributed by atoms with Gasteiger partial charge in [-0.1, -0.05) is 31.2 Å². The van der Waals surface area contributed by atoms with Crippen LogP contribution in [0, 0.1) is 6.92 Å². The summed E-state index contributed by atoms with van der Waals surface area (Å²) in [6, 6.07) is 8.55. The smallest absolute Gasteiger partial charge is 0.151 e. The van der Waals surface area contributed by atoms with Crippen LogP contribution in [-0.4, -0.2) is 37.4 Å². The molecule has 0 bridgehead atoms. The van der Waals surface area contributed by atoms with Crippen LogP contribution in [0.25, 0.3) is 0 Å². The average Bonchev–Trinajstić information content (AvgIpc) is 2.72. The Hall–Kier alpha value is -0.870. The molecule has 1 unspecified atom stereocenters. The second kappa shape index (κ2) is 6.06. The summed E-state index contributed by atoms with van der Waals surface area (Å²) in [6.07, 6.45) is 1.84. The molecule has 1 saturated heterocycles. The van der Waals surface area contributed by atoms with E-state index < -0.39 is 9.84 Å². The maximum absolute atomic E-state index is 11.6. The van der Waals surface area contributed by atoms with E-state index in [9.17, 15) is 8.42 Å². The SMILES string of the molecule is CCCN(Cc1ccccc1C)C1CCS(=O)(=O)C1. The monoisotopic (exact) mass is 281 g/mol. The van der Waals surface area contributed by atoms with Crippen molar-refractivity contribution < 1.29 is 8.42 Å². The van der Waals surface area contributed by atoms with Gasteiger partial charge in [-0.15, -0.1) is 0 Å². The number of benzene rings is 1. The minimum Gasteiger partial charge on any atom is -0.295 e. The van der Waals surface area contributed by atoms with Gasteiger partial charge in [-0.2, -0.15) is 0 Å². The Balaban J connectivity index is 2.11. The van der Waals surface area contributed by atoms with E-state index in [1.807, 2.05) is 6.07 Å².